The molecule has 8 bridgehead atoms. The average molecular weight is 997 g/mol. The molecule has 0 fully saturated rings. The topological polar surface area (TPSA) is 240 Å². The summed E-state index contributed by atoms with van der Waals surface area (Å²) in [5.74, 6) is 0. The standard InChI is InChI=1S/C44H28N4O12S4.Cu/c49-57-59-61-29-9-1-25(2-10-29)41-33-17-18-34(45-33)42(26-3-11-30(12-4-26)62-60-58-50)36-20-22-38(47-36)44(28-7-15-32(16-8-28)64(54,55)56)40-24-23-39(48-40)43(37-21-19-35(41)46-37)27-5-13-31(14-6-27)63(51,52)53;/h1-24,49-50H,(H,51,52,53)(H,54,55,56);/q-2;+2. The Kier molecular flexibility index (Phi) is 13.4. The van der Waals surface area contributed by atoms with E-state index in [4.69, 9.17) is 30.5 Å². The van der Waals surface area contributed by atoms with E-state index in [1.165, 1.54) is 24.3 Å². The van der Waals surface area contributed by atoms with Crippen LogP contribution in [-0.4, -0.2) is 46.4 Å². The molecular formula is C44H28CuN4O12S4. The van der Waals surface area contributed by atoms with Gasteiger partial charge in [-0.05, 0) is 117 Å². The molecule has 0 saturated carbocycles. The quantitative estimate of drug-likeness (QED) is 0.0293. The van der Waals surface area contributed by atoms with Gasteiger partial charge in [0.15, 0.2) is 0 Å². The summed E-state index contributed by atoms with van der Waals surface area (Å²) in [5, 5.41) is 25.0. The van der Waals surface area contributed by atoms with E-state index in [1.807, 2.05) is 48.6 Å². The zero-order chi connectivity index (χ0) is 44.6. The fourth-order valence-corrected chi connectivity index (χ4v) is 8.99. The van der Waals surface area contributed by atoms with Crippen LogP contribution in [0.3, 0.4) is 0 Å². The van der Waals surface area contributed by atoms with Gasteiger partial charge in [-0.2, -0.15) is 16.8 Å². The average Bonchev–Trinajstić information content (AvgIpc) is 4.14. The Balaban J connectivity index is 0.00000576. The number of hydrogen-bond acceptors (Lipinski definition) is 14. The van der Waals surface area contributed by atoms with Crippen molar-refractivity contribution >= 4 is 90.7 Å². The monoisotopic (exact) mass is 995 g/mol. The van der Waals surface area contributed by atoms with E-state index >= 15 is 0 Å². The molecule has 0 amide bonds. The largest absolute Gasteiger partial charge is 2.00 e. The Morgan fingerprint density at radius 1 is 0.415 bits per heavy atom. The molecule has 21 heteroatoms. The molecule has 4 N–H and O–H groups in total. The van der Waals surface area contributed by atoms with Gasteiger partial charge in [-0.25, -0.2) is 20.5 Å². The number of hydrogen-bond donors (Lipinski definition) is 4. The predicted octanol–water partition coefficient (Wildman–Crippen LogP) is 9.93. The molecule has 7 aromatic rings. The second-order valence-corrected chi connectivity index (χ2v) is 18.3. The SMILES string of the molecule is O=S(=O)(O)c1ccc(-c2c3nc(c(-c4ccc(SOOO)cc4)c4ccc([n-]4)c(-c4ccc(SOOO)cc4)c4nc(c(-c5ccc(S(=O)(=O)O)cc5)c5ccc2[n-]5)C=C4)C=C3)cc1.[Cu+2]. The van der Waals surface area contributed by atoms with E-state index in [2.05, 4.69) is 18.7 Å². The fourth-order valence-electron chi connectivity index (χ4n) is 7.32. The van der Waals surface area contributed by atoms with Gasteiger partial charge in [0.05, 0.1) is 56.7 Å². The third-order valence-corrected chi connectivity index (χ3v) is 13.0. The summed E-state index contributed by atoms with van der Waals surface area (Å²) in [7, 11) is -9.02. The van der Waals surface area contributed by atoms with Crippen molar-refractivity contribution in [3.05, 3.63) is 144 Å². The Hall–Kier alpha value is -5.72. The minimum atomic E-state index is -4.51. The Morgan fingerprint density at radius 2 is 0.677 bits per heavy atom. The molecule has 9 rings (SSSR count). The number of nitrogens with zero attached hydrogens (tertiary/aromatic N) is 4. The van der Waals surface area contributed by atoms with Crippen LogP contribution in [0.5, 0.6) is 0 Å². The molecular weight excluding hydrogens is 968 g/mol. The summed E-state index contributed by atoms with van der Waals surface area (Å²) in [4.78, 5) is 21.2. The summed E-state index contributed by atoms with van der Waals surface area (Å²) in [6.07, 6.45) is 7.27. The van der Waals surface area contributed by atoms with Crippen LogP contribution in [0.4, 0.5) is 0 Å². The summed E-state index contributed by atoms with van der Waals surface area (Å²) < 4.78 is 77.0. The van der Waals surface area contributed by atoms with Gasteiger partial charge in [-0.1, -0.05) is 82.9 Å². The van der Waals surface area contributed by atoms with E-state index in [9.17, 15) is 25.9 Å². The van der Waals surface area contributed by atoms with Gasteiger partial charge >= 0.3 is 17.1 Å². The van der Waals surface area contributed by atoms with Crippen LogP contribution >= 0.6 is 24.1 Å². The van der Waals surface area contributed by atoms with Crippen LogP contribution in [0.15, 0.2) is 141 Å². The summed E-state index contributed by atoms with van der Waals surface area (Å²) in [5.41, 5.74) is 8.75. The maximum Gasteiger partial charge on any atom is 2.00 e. The van der Waals surface area contributed by atoms with Crippen molar-refractivity contribution in [1.82, 2.24) is 19.9 Å². The van der Waals surface area contributed by atoms with Gasteiger partial charge in [-0.15, -0.1) is 30.7 Å². The van der Waals surface area contributed by atoms with Crippen molar-refractivity contribution in [2.75, 3.05) is 0 Å². The molecule has 2 aliphatic rings. The Bertz CT molecular complexity index is 3180. The number of fused-ring (bicyclic) bond motifs is 8. The molecule has 5 heterocycles. The third kappa shape index (κ3) is 9.65. The van der Waals surface area contributed by atoms with Crippen LogP contribution in [-0.2, 0) is 56.0 Å². The summed E-state index contributed by atoms with van der Waals surface area (Å²) >= 11 is 1.61. The van der Waals surface area contributed by atoms with Crippen LogP contribution in [0.2, 0.25) is 0 Å². The van der Waals surface area contributed by atoms with Crippen molar-refractivity contribution in [2.45, 2.75) is 19.6 Å². The van der Waals surface area contributed by atoms with Gasteiger partial charge in [-0.3, -0.25) is 9.11 Å². The second-order valence-electron chi connectivity index (χ2n) is 13.9. The number of aromatic nitrogens is 4. The number of benzene rings is 4. The molecule has 16 nitrogen and oxygen atoms in total. The molecule has 1 radical (unpaired) electrons. The van der Waals surface area contributed by atoms with Crippen LogP contribution < -0.4 is 9.97 Å². The molecule has 4 aromatic carbocycles. The number of rotatable bonds is 12. The van der Waals surface area contributed by atoms with Crippen LogP contribution in [0, 0.1) is 0 Å². The van der Waals surface area contributed by atoms with Gasteiger partial charge in [0.25, 0.3) is 20.2 Å². The molecule has 331 valence electrons. The van der Waals surface area contributed by atoms with Crippen molar-refractivity contribution in [3.63, 3.8) is 0 Å². The first kappa shape index (κ1) is 45.8. The Labute approximate surface area is 388 Å². The normalized spacial score (nSPS) is 12.4. The summed E-state index contributed by atoms with van der Waals surface area (Å²) in [6.45, 7) is 0. The molecule has 0 unspecified atom stereocenters. The van der Waals surface area contributed by atoms with Gasteiger partial charge in [0.1, 0.15) is 0 Å². The summed E-state index contributed by atoms with van der Waals surface area (Å²) in [6, 6.07) is 33.0. The van der Waals surface area contributed by atoms with Crippen molar-refractivity contribution in [3.8, 4) is 44.5 Å². The van der Waals surface area contributed by atoms with Gasteiger partial charge in [0.2, 0.25) is 0 Å². The van der Waals surface area contributed by atoms with Crippen molar-refractivity contribution in [2.24, 2.45) is 0 Å². The smallest absolute Gasteiger partial charge is 0.657 e. The van der Waals surface area contributed by atoms with Gasteiger partial charge < -0.3 is 9.97 Å². The van der Waals surface area contributed by atoms with E-state index in [0.717, 1.165) is 35.2 Å². The maximum absolute atomic E-state index is 12.0. The van der Waals surface area contributed by atoms with E-state index in [1.54, 1.807) is 72.8 Å². The zero-order valence-electron chi connectivity index (χ0n) is 32.6. The minimum absolute atomic E-state index is 0. The molecule has 3 aromatic heterocycles. The first-order chi connectivity index (χ1) is 30.9. The van der Waals surface area contributed by atoms with E-state index < -0.39 is 20.2 Å². The molecule has 0 spiro atoms. The molecule has 0 atom stereocenters. The van der Waals surface area contributed by atoms with Crippen LogP contribution in [0.25, 0.3) is 90.9 Å². The zero-order valence-corrected chi connectivity index (χ0v) is 36.8. The molecule has 2 aliphatic heterocycles. The van der Waals surface area contributed by atoms with Crippen molar-refractivity contribution < 1.29 is 72.3 Å². The molecule has 0 saturated heterocycles. The van der Waals surface area contributed by atoms with Crippen molar-refractivity contribution in [1.29, 1.82) is 0 Å². The van der Waals surface area contributed by atoms with Gasteiger partial charge in [0, 0.05) is 9.79 Å². The Morgan fingerprint density at radius 3 is 0.923 bits per heavy atom. The molecule has 65 heavy (non-hydrogen) atoms. The minimum Gasteiger partial charge on any atom is -0.657 e. The fraction of sp³-hybridized carbons (Fsp3) is 0. The second kappa shape index (κ2) is 19.0. The van der Waals surface area contributed by atoms with E-state index in [0.29, 0.717) is 88.0 Å². The first-order valence-corrected chi connectivity index (χ1v) is 23.0. The predicted molar refractivity (Wildman–Crippen MR) is 239 cm³/mol. The van der Waals surface area contributed by atoms with E-state index in [-0.39, 0.29) is 26.9 Å². The first-order valence-electron chi connectivity index (χ1n) is 18.6. The maximum atomic E-state index is 12.0. The van der Waals surface area contributed by atoms with Crippen LogP contribution in [0.1, 0.15) is 22.8 Å². The third-order valence-electron chi connectivity index (χ3n) is 10.1. The molecule has 0 aliphatic carbocycles.